The smallest absolute Gasteiger partial charge is 0.319 e. The van der Waals surface area contributed by atoms with E-state index < -0.39 is 5.54 Å². The van der Waals surface area contributed by atoms with Crippen LogP contribution in [0.2, 0.25) is 0 Å². The van der Waals surface area contributed by atoms with Gasteiger partial charge in [0, 0.05) is 6.04 Å². The molecule has 2 rings (SSSR count). The molecule has 1 atom stereocenters. The first kappa shape index (κ1) is 15.5. The summed E-state index contributed by atoms with van der Waals surface area (Å²) in [7, 11) is 0. The van der Waals surface area contributed by atoms with Crippen molar-refractivity contribution in [2.45, 2.75) is 58.5 Å². The topological polar surface area (TPSA) is 49.4 Å². The van der Waals surface area contributed by atoms with E-state index >= 15 is 0 Å². The van der Waals surface area contributed by atoms with Gasteiger partial charge in [0.05, 0.1) is 0 Å². The molecule has 0 saturated carbocycles. The summed E-state index contributed by atoms with van der Waals surface area (Å²) in [4.78, 5) is 25.9. The SMILES string of the molecule is CC(C)N1C(=O)NC(C)(c2ccc(C(C)(C)C)cc2)C1=O. The van der Waals surface area contributed by atoms with Gasteiger partial charge in [-0.25, -0.2) is 4.79 Å². The lowest BCUT2D eigenvalue weighted by Crippen LogP contribution is -2.42. The third-order valence-corrected chi connectivity index (χ3v) is 4.07. The monoisotopic (exact) mass is 288 g/mol. The fraction of sp³-hybridized carbons (Fsp3) is 0.529. The van der Waals surface area contributed by atoms with Crippen LogP contribution in [0, 0.1) is 0 Å². The van der Waals surface area contributed by atoms with Crippen molar-refractivity contribution in [3.05, 3.63) is 35.4 Å². The number of hydrogen-bond donors (Lipinski definition) is 1. The fourth-order valence-electron chi connectivity index (χ4n) is 2.63. The normalized spacial score (nSPS) is 22.9. The zero-order valence-electron chi connectivity index (χ0n) is 13.7. The van der Waals surface area contributed by atoms with Crippen molar-refractivity contribution < 1.29 is 9.59 Å². The molecule has 1 aliphatic heterocycles. The van der Waals surface area contributed by atoms with Gasteiger partial charge in [0.2, 0.25) is 0 Å². The summed E-state index contributed by atoms with van der Waals surface area (Å²) in [5.74, 6) is -0.189. The summed E-state index contributed by atoms with van der Waals surface area (Å²) in [6.45, 7) is 11.9. The molecule has 4 nitrogen and oxygen atoms in total. The average molecular weight is 288 g/mol. The van der Waals surface area contributed by atoms with Crippen molar-refractivity contribution in [2.24, 2.45) is 0 Å². The molecule has 0 bridgehead atoms. The first-order valence-electron chi connectivity index (χ1n) is 7.34. The Balaban J connectivity index is 2.38. The van der Waals surface area contributed by atoms with Crippen LogP contribution in [0.3, 0.4) is 0 Å². The van der Waals surface area contributed by atoms with E-state index in [0.717, 1.165) is 5.56 Å². The Hall–Kier alpha value is -1.84. The lowest BCUT2D eigenvalue weighted by atomic mass is 9.84. The molecule has 3 amide bonds. The van der Waals surface area contributed by atoms with Crippen molar-refractivity contribution >= 4 is 11.9 Å². The van der Waals surface area contributed by atoms with E-state index in [4.69, 9.17) is 0 Å². The molecule has 114 valence electrons. The van der Waals surface area contributed by atoms with E-state index in [9.17, 15) is 9.59 Å². The van der Waals surface area contributed by atoms with E-state index in [1.165, 1.54) is 10.5 Å². The molecule has 1 aromatic rings. The number of carbonyl (C=O) groups is 2. The molecule has 0 aliphatic carbocycles. The number of rotatable bonds is 2. The van der Waals surface area contributed by atoms with Gasteiger partial charge in [-0.15, -0.1) is 0 Å². The Morgan fingerprint density at radius 1 is 1.10 bits per heavy atom. The predicted octanol–water partition coefficient (Wildman–Crippen LogP) is 3.16. The second kappa shape index (κ2) is 4.86. The highest BCUT2D eigenvalue weighted by molar-refractivity contribution is 6.07. The van der Waals surface area contributed by atoms with E-state index in [1.807, 2.05) is 38.1 Å². The van der Waals surface area contributed by atoms with E-state index in [1.54, 1.807) is 6.92 Å². The molecule has 0 aromatic heterocycles. The lowest BCUT2D eigenvalue weighted by molar-refractivity contribution is -0.132. The largest absolute Gasteiger partial charge is 0.325 e. The minimum Gasteiger partial charge on any atom is -0.319 e. The Labute approximate surface area is 126 Å². The Morgan fingerprint density at radius 2 is 1.62 bits per heavy atom. The summed E-state index contributed by atoms with van der Waals surface area (Å²) < 4.78 is 0. The molecule has 0 radical (unpaired) electrons. The second-order valence-electron chi connectivity index (χ2n) is 7.15. The molecular formula is C17H24N2O2. The van der Waals surface area contributed by atoms with Crippen molar-refractivity contribution in [1.29, 1.82) is 0 Å². The van der Waals surface area contributed by atoms with Gasteiger partial charge >= 0.3 is 6.03 Å². The van der Waals surface area contributed by atoms with Crippen LogP contribution >= 0.6 is 0 Å². The molecule has 21 heavy (non-hydrogen) atoms. The molecule has 4 heteroatoms. The third kappa shape index (κ3) is 2.55. The summed E-state index contributed by atoms with van der Waals surface area (Å²) in [5, 5.41) is 2.82. The van der Waals surface area contributed by atoms with Gasteiger partial charge in [-0.3, -0.25) is 9.69 Å². The van der Waals surface area contributed by atoms with Crippen LogP contribution in [-0.4, -0.2) is 22.9 Å². The van der Waals surface area contributed by atoms with Crippen molar-refractivity contribution in [3.8, 4) is 0 Å². The number of imide groups is 1. The summed E-state index contributed by atoms with van der Waals surface area (Å²) in [5.41, 5.74) is 1.11. The van der Waals surface area contributed by atoms with Crippen LogP contribution in [0.25, 0.3) is 0 Å². The molecular weight excluding hydrogens is 264 g/mol. The van der Waals surface area contributed by atoms with Crippen molar-refractivity contribution in [2.75, 3.05) is 0 Å². The minimum atomic E-state index is -0.974. The van der Waals surface area contributed by atoms with Crippen LogP contribution in [0.4, 0.5) is 4.79 Å². The van der Waals surface area contributed by atoms with E-state index in [0.29, 0.717) is 0 Å². The highest BCUT2D eigenvalue weighted by Crippen LogP contribution is 2.31. The van der Waals surface area contributed by atoms with Crippen molar-refractivity contribution in [3.63, 3.8) is 0 Å². The standard InChI is InChI=1S/C17H24N2O2/c1-11(2)19-14(20)17(6,18-15(19)21)13-9-7-12(8-10-13)16(3,4)5/h7-11H,1-6H3,(H,18,21). The molecule has 1 N–H and O–H groups in total. The second-order valence-corrected chi connectivity index (χ2v) is 7.15. The maximum absolute atomic E-state index is 12.6. The maximum Gasteiger partial charge on any atom is 0.325 e. The first-order valence-corrected chi connectivity index (χ1v) is 7.34. The highest BCUT2D eigenvalue weighted by Gasteiger charge is 2.49. The predicted molar refractivity (Wildman–Crippen MR) is 83.0 cm³/mol. The molecule has 1 fully saturated rings. The highest BCUT2D eigenvalue weighted by atomic mass is 16.2. The maximum atomic E-state index is 12.6. The van der Waals surface area contributed by atoms with E-state index in [2.05, 4.69) is 26.1 Å². The number of urea groups is 1. The van der Waals surface area contributed by atoms with Crippen LogP contribution in [0.5, 0.6) is 0 Å². The molecule has 1 aliphatic rings. The quantitative estimate of drug-likeness (QED) is 0.850. The average Bonchev–Trinajstić information content (AvgIpc) is 2.60. The van der Waals surface area contributed by atoms with Gasteiger partial charge < -0.3 is 5.32 Å². The van der Waals surface area contributed by atoms with Crippen LogP contribution < -0.4 is 5.32 Å². The number of hydrogen-bond acceptors (Lipinski definition) is 2. The van der Waals surface area contributed by atoms with Gasteiger partial charge in [0.1, 0.15) is 5.54 Å². The number of nitrogens with zero attached hydrogens (tertiary/aromatic N) is 1. The van der Waals surface area contributed by atoms with Gasteiger partial charge in [0.15, 0.2) is 0 Å². The number of nitrogens with one attached hydrogen (secondary N) is 1. The zero-order valence-corrected chi connectivity index (χ0v) is 13.7. The van der Waals surface area contributed by atoms with Gasteiger partial charge in [-0.2, -0.15) is 0 Å². The zero-order chi connectivity index (χ0) is 16.0. The summed E-state index contributed by atoms with van der Waals surface area (Å²) >= 11 is 0. The summed E-state index contributed by atoms with van der Waals surface area (Å²) in [6, 6.07) is 7.45. The third-order valence-electron chi connectivity index (χ3n) is 4.07. The van der Waals surface area contributed by atoms with E-state index in [-0.39, 0.29) is 23.4 Å². The summed E-state index contributed by atoms with van der Waals surface area (Å²) in [6.07, 6.45) is 0. The molecule has 1 saturated heterocycles. The number of benzene rings is 1. The first-order chi connectivity index (χ1) is 9.57. The number of carbonyl (C=O) groups excluding carboxylic acids is 2. The Morgan fingerprint density at radius 3 is 2.00 bits per heavy atom. The van der Waals surface area contributed by atoms with Gasteiger partial charge in [0.25, 0.3) is 5.91 Å². The van der Waals surface area contributed by atoms with Crippen LogP contribution in [-0.2, 0) is 15.7 Å². The Kier molecular flexibility index (Phi) is 3.60. The van der Waals surface area contributed by atoms with Gasteiger partial charge in [-0.05, 0) is 37.3 Å². The Bertz CT molecular complexity index is 569. The molecule has 1 aromatic carbocycles. The van der Waals surface area contributed by atoms with Crippen LogP contribution in [0.1, 0.15) is 52.7 Å². The van der Waals surface area contributed by atoms with Gasteiger partial charge in [-0.1, -0.05) is 45.0 Å². The molecule has 1 heterocycles. The van der Waals surface area contributed by atoms with Crippen LogP contribution in [0.15, 0.2) is 24.3 Å². The number of amides is 3. The minimum absolute atomic E-state index is 0.0618. The van der Waals surface area contributed by atoms with Crippen molar-refractivity contribution in [1.82, 2.24) is 10.2 Å². The lowest BCUT2D eigenvalue weighted by Gasteiger charge is -2.25. The fourth-order valence-corrected chi connectivity index (χ4v) is 2.63. The molecule has 0 spiro atoms. The molecule has 1 unspecified atom stereocenters.